The van der Waals surface area contributed by atoms with Crippen molar-refractivity contribution in [2.75, 3.05) is 0 Å². The Kier molecular flexibility index (Phi) is 2.52. The SMILES string of the molecule is Cn1c(Cc2ccc(O)cc2)nc2ccccc21. The molecule has 1 N–H and O–H groups in total. The molecule has 0 atom stereocenters. The summed E-state index contributed by atoms with van der Waals surface area (Å²) in [5.74, 6) is 1.32. The van der Waals surface area contributed by atoms with E-state index in [2.05, 4.69) is 15.6 Å². The highest BCUT2D eigenvalue weighted by atomic mass is 16.3. The Hall–Kier alpha value is -2.29. The molecule has 3 rings (SSSR count). The molecule has 0 aliphatic rings. The highest BCUT2D eigenvalue weighted by Gasteiger charge is 2.07. The molecule has 0 amide bonds. The van der Waals surface area contributed by atoms with Crippen molar-refractivity contribution in [3.05, 3.63) is 59.9 Å². The fraction of sp³-hybridized carbons (Fsp3) is 0.133. The van der Waals surface area contributed by atoms with Crippen LogP contribution in [0.3, 0.4) is 0 Å². The van der Waals surface area contributed by atoms with Gasteiger partial charge >= 0.3 is 0 Å². The second-order valence-corrected chi connectivity index (χ2v) is 4.42. The van der Waals surface area contributed by atoms with E-state index >= 15 is 0 Å². The van der Waals surface area contributed by atoms with E-state index in [1.54, 1.807) is 12.1 Å². The molecule has 3 aromatic rings. The molecule has 3 heteroatoms. The minimum atomic E-state index is 0.295. The monoisotopic (exact) mass is 238 g/mol. The number of hydrogen-bond donors (Lipinski definition) is 1. The molecule has 0 aliphatic carbocycles. The van der Waals surface area contributed by atoms with Gasteiger partial charge in [0.15, 0.2) is 0 Å². The van der Waals surface area contributed by atoms with Gasteiger partial charge in [-0.2, -0.15) is 0 Å². The topological polar surface area (TPSA) is 38.0 Å². The zero-order chi connectivity index (χ0) is 12.5. The van der Waals surface area contributed by atoms with Gasteiger partial charge in [-0.05, 0) is 29.8 Å². The van der Waals surface area contributed by atoms with Crippen molar-refractivity contribution >= 4 is 11.0 Å². The van der Waals surface area contributed by atoms with E-state index in [1.807, 2.05) is 37.4 Å². The molecule has 0 unspecified atom stereocenters. The first-order valence-electron chi connectivity index (χ1n) is 5.92. The van der Waals surface area contributed by atoms with Gasteiger partial charge < -0.3 is 9.67 Å². The van der Waals surface area contributed by atoms with Crippen LogP contribution in [-0.4, -0.2) is 14.7 Å². The molecule has 1 aromatic heterocycles. The highest BCUT2D eigenvalue weighted by Crippen LogP contribution is 2.18. The molecule has 18 heavy (non-hydrogen) atoms. The predicted molar refractivity (Wildman–Crippen MR) is 71.6 cm³/mol. The molecule has 0 radical (unpaired) electrons. The molecular weight excluding hydrogens is 224 g/mol. The molecule has 0 saturated heterocycles. The zero-order valence-electron chi connectivity index (χ0n) is 10.2. The standard InChI is InChI=1S/C15H14N2O/c1-17-14-5-3-2-4-13(14)16-15(17)10-11-6-8-12(18)9-7-11/h2-9,18H,10H2,1H3. The van der Waals surface area contributed by atoms with Crippen LogP contribution in [-0.2, 0) is 13.5 Å². The Morgan fingerprint density at radius 2 is 1.78 bits per heavy atom. The van der Waals surface area contributed by atoms with E-state index in [1.165, 1.54) is 0 Å². The Morgan fingerprint density at radius 3 is 2.50 bits per heavy atom. The van der Waals surface area contributed by atoms with Crippen LogP contribution in [0.15, 0.2) is 48.5 Å². The number of para-hydroxylation sites is 2. The molecule has 0 bridgehead atoms. The van der Waals surface area contributed by atoms with Crippen LogP contribution in [0.2, 0.25) is 0 Å². The number of imidazole rings is 1. The molecule has 1 heterocycles. The minimum absolute atomic E-state index is 0.295. The van der Waals surface area contributed by atoms with Crippen LogP contribution < -0.4 is 0 Å². The third kappa shape index (κ3) is 1.84. The van der Waals surface area contributed by atoms with Crippen LogP contribution in [0.1, 0.15) is 11.4 Å². The summed E-state index contributed by atoms with van der Waals surface area (Å²) in [6.07, 6.45) is 0.769. The minimum Gasteiger partial charge on any atom is -0.508 e. The van der Waals surface area contributed by atoms with Gasteiger partial charge in [-0.15, -0.1) is 0 Å². The largest absolute Gasteiger partial charge is 0.508 e. The molecule has 0 aliphatic heterocycles. The third-order valence-corrected chi connectivity index (χ3v) is 3.18. The van der Waals surface area contributed by atoms with Crippen molar-refractivity contribution in [3.63, 3.8) is 0 Å². The first kappa shape index (κ1) is 10.8. The van der Waals surface area contributed by atoms with E-state index in [9.17, 15) is 5.11 Å². The van der Waals surface area contributed by atoms with Crippen LogP contribution in [0.4, 0.5) is 0 Å². The summed E-state index contributed by atoms with van der Waals surface area (Å²) in [7, 11) is 2.03. The van der Waals surface area contributed by atoms with Gasteiger partial charge in [0.1, 0.15) is 11.6 Å². The second kappa shape index (κ2) is 4.18. The third-order valence-electron chi connectivity index (χ3n) is 3.18. The molecular formula is C15H14N2O. The average Bonchev–Trinajstić information content (AvgIpc) is 2.70. The summed E-state index contributed by atoms with van der Waals surface area (Å²) in [4.78, 5) is 4.63. The number of aromatic nitrogens is 2. The quantitative estimate of drug-likeness (QED) is 0.745. The van der Waals surface area contributed by atoms with Crippen molar-refractivity contribution in [3.8, 4) is 5.75 Å². The number of aryl methyl sites for hydroxylation is 1. The lowest BCUT2D eigenvalue weighted by Crippen LogP contribution is -1.98. The molecule has 3 nitrogen and oxygen atoms in total. The summed E-state index contributed by atoms with van der Waals surface area (Å²) >= 11 is 0. The van der Waals surface area contributed by atoms with Crippen molar-refractivity contribution in [2.45, 2.75) is 6.42 Å². The Morgan fingerprint density at radius 1 is 1.06 bits per heavy atom. The molecule has 0 fully saturated rings. The summed E-state index contributed by atoms with van der Waals surface area (Å²) < 4.78 is 2.11. The van der Waals surface area contributed by atoms with Crippen molar-refractivity contribution in [1.29, 1.82) is 0 Å². The lowest BCUT2D eigenvalue weighted by molar-refractivity contribution is 0.475. The van der Waals surface area contributed by atoms with Gasteiger partial charge in [-0.3, -0.25) is 0 Å². The van der Waals surface area contributed by atoms with Crippen molar-refractivity contribution in [2.24, 2.45) is 7.05 Å². The lowest BCUT2D eigenvalue weighted by atomic mass is 10.1. The Labute approximate surface area is 105 Å². The number of aromatic hydroxyl groups is 1. The van der Waals surface area contributed by atoms with E-state index < -0.39 is 0 Å². The predicted octanol–water partition coefficient (Wildman–Crippen LogP) is 2.87. The number of rotatable bonds is 2. The van der Waals surface area contributed by atoms with Crippen LogP contribution in [0, 0.1) is 0 Å². The fourth-order valence-corrected chi connectivity index (χ4v) is 2.15. The van der Waals surface area contributed by atoms with Gasteiger partial charge in [0.05, 0.1) is 11.0 Å². The highest BCUT2D eigenvalue weighted by molar-refractivity contribution is 5.75. The maximum Gasteiger partial charge on any atom is 0.115 e. The summed E-state index contributed by atoms with van der Waals surface area (Å²) in [6.45, 7) is 0. The lowest BCUT2D eigenvalue weighted by Gasteiger charge is -2.03. The zero-order valence-corrected chi connectivity index (χ0v) is 10.2. The number of phenolic OH excluding ortho intramolecular Hbond substituents is 1. The molecule has 0 saturated carbocycles. The normalized spacial score (nSPS) is 10.9. The smallest absolute Gasteiger partial charge is 0.115 e. The first-order chi connectivity index (χ1) is 8.74. The van der Waals surface area contributed by atoms with Crippen LogP contribution in [0.25, 0.3) is 11.0 Å². The van der Waals surface area contributed by atoms with Crippen LogP contribution in [0.5, 0.6) is 5.75 Å². The number of fused-ring (bicyclic) bond motifs is 1. The first-order valence-corrected chi connectivity index (χ1v) is 5.92. The number of nitrogens with zero attached hydrogens (tertiary/aromatic N) is 2. The van der Waals surface area contributed by atoms with Gasteiger partial charge in [0.2, 0.25) is 0 Å². The second-order valence-electron chi connectivity index (χ2n) is 4.42. The van der Waals surface area contributed by atoms with Crippen molar-refractivity contribution in [1.82, 2.24) is 9.55 Å². The van der Waals surface area contributed by atoms with Gasteiger partial charge in [0.25, 0.3) is 0 Å². The van der Waals surface area contributed by atoms with Crippen molar-refractivity contribution < 1.29 is 5.11 Å². The molecule has 90 valence electrons. The van der Waals surface area contributed by atoms with E-state index in [0.717, 1.165) is 28.8 Å². The summed E-state index contributed by atoms with van der Waals surface area (Å²) in [5.41, 5.74) is 3.31. The maximum atomic E-state index is 9.27. The average molecular weight is 238 g/mol. The number of phenols is 1. The number of hydrogen-bond acceptors (Lipinski definition) is 2. The summed E-state index contributed by atoms with van der Waals surface area (Å²) in [5, 5.41) is 9.27. The van der Waals surface area contributed by atoms with Gasteiger partial charge in [0, 0.05) is 13.5 Å². The molecule has 2 aromatic carbocycles. The Bertz CT molecular complexity index is 683. The van der Waals surface area contributed by atoms with E-state index in [0.29, 0.717) is 5.75 Å². The van der Waals surface area contributed by atoms with Gasteiger partial charge in [-0.1, -0.05) is 24.3 Å². The molecule has 0 spiro atoms. The number of benzene rings is 2. The fourth-order valence-electron chi connectivity index (χ4n) is 2.15. The van der Waals surface area contributed by atoms with Gasteiger partial charge in [-0.25, -0.2) is 4.98 Å². The van der Waals surface area contributed by atoms with E-state index in [4.69, 9.17) is 0 Å². The maximum absolute atomic E-state index is 9.27. The Balaban J connectivity index is 1.99. The van der Waals surface area contributed by atoms with E-state index in [-0.39, 0.29) is 0 Å². The van der Waals surface area contributed by atoms with Crippen LogP contribution >= 0.6 is 0 Å². The summed E-state index contributed by atoms with van der Waals surface area (Å²) in [6, 6.07) is 15.4.